The van der Waals surface area contributed by atoms with Gasteiger partial charge in [-0.3, -0.25) is 0 Å². The molecule has 9 aromatic carbocycles. The van der Waals surface area contributed by atoms with Crippen LogP contribution in [0.5, 0.6) is 0 Å². The monoisotopic (exact) mass is 778 g/mol. The number of rotatable bonds is 8. The molecular weight excluding hydrogens is 741 g/mol. The summed E-state index contributed by atoms with van der Waals surface area (Å²) in [4.78, 5) is 10.5. The molecule has 3 nitrogen and oxygen atoms in total. The zero-order valence-electron chi connectivity index (χ0n) is 33.2. The lowest BCUT2D eigenvalue weighted by Gasteiger charge is -2.11. The molecule has 0 spiro atoms. The van der Waals surface area contributed by atoms with E-state index in [-0.39, 0.29) is 0 Å². The number of hydrogen-bond acceptors (Lipinski definition) is 3. The molecule has 61 heavy (non-hydrogen) atoms. The Morgan fingerprint density at radius 1 is 0.262 bits per heavy atom. The van der Waals surface area contributed by atoms with Crippen LogP contribution in [-0.2, 0) is 0 Å². The van der Waals surface area contributed by atoms with E-state index >= 15 is 0 Å². The van der Waals surface area contributed by atoms with Crippen molar-refractivity contribution in [2.45, 2.75) is 0 Å². The van der Waals surface area contributed by atoms with E-state index in [0.29, 0.717) is 11.4 Å². The fourth-order valence-electron chi connectivity index (χ4n) is 8.33. The zero-order chi connectivity index (χ0) is 40.5. The Hall–Kier alpha value is -8.14. The molecule has 11 rings (SSSR count). The highest BCUT2D eigenvalue weighted by Crippen LogP contribution is 2.38. The lowest BCUT2D eigenvalue weighted by molar-refractivity contribution is 0.667. The SMILES string of the molecule is c1ccc(-c2ccc(-c3cccc(-c4cccc(-c5nc(-c6cccc(-c7cccc(-c8ccc(-c9ccccc9)cc8)c7)c6)c6oc7ccccc7c6n5)c4)c3)cc2)cc1. The van der Waals surface area contributed by atoms with Crippen LogP contribution in [0.1, 0.15) is 0 Å². The van der Waals surface area contributed by atoms with Gasteiger partial charge < -0.3 is 4.42 Å². The average Bonchev–Trinajstić information content (AvgIpc) is 3.73. The van der Waals surface area contributed by atoms with Gasteiger partial charge in [-0.2, -0.15) is 0 Å². The third kappa shape index (κ3) is 7.09. The molecule has 0 atom stereocenters. The molecule has 0 bridgehead atoms. The smallest absolute Gasteiger partial charge is 0.180 e. The summed E-state index contributed by atoms with van der Waals surface area (Å²) in [5, 5.41) is 0.965. The molecule has 0 aliphatic carbocycles. The third-order valence-corrected chi connectivity index (χ3v) is 11.5. The van der Waals surface area contributed by atoms with Gasteiger partial charge in [0.15, 0.2) is 11.4 Å². The van der Waals surface area contributed by atoms with Gasteiger partial charge in [-0.25, -0.2) is 9.97 Å². The molecule has 0 amide bonds. The predicted molar refractivity (Wildman–Crippen MR) is 253 cm³/mol. The molecule has 0 saturated carbocycles. The first-order valence-corrected chi connectivity index (χ1v) is 20.6. The van der Waals surface area contributed by atoms with E-state index < -0.39 is 0 Å². The zero-order valence-corrected chi connectivity index (χ0v) is 33.2. The molecular formula is C58H38N2O. The van der Waals surface area contributed by atoms with E-state index in [1.54, 1.807) is 0 Å². The molecule has 11 aromatic rings. The highest BCUT2D eigenvalue weighted by molar-refractivity contribution is 6.07. The van der Waals surface area contributed by atoms with Gasteiger partial charge in [-0.1, -0.05) is 194 Å². The molecule has 0 saturated heterocycles. The first kappa shape index (κ1) is 36.0. The van der Waals surface area contributed by atoms with Gasteiger partial charge in [0.1, 0.15) is 16.8 Å². The maximum atomic E-state index is 6.55. The molecule has 2 aromatic heterocycles. The van der Waals surface area contributed by atoms with Crippen LogP contribution in [0.3, 0.4) is 0 Å². The molecule has 0 unspecified atom stereocenters. The van der Waals surface area contributed by atoms with Crippen LogP contribution in [0.2, 0.25) is 0 Å². The summed E-state index contributed by atoms with van der Waals surface area (Å²) < 4.78 is 6.55. The Morgan fingerprint density at radius 3 is 1.11 bits per heavy atom. The van der Waals surface area contributed by atoms with Crippen LogP contribution in [0.4, 0.5) is 0 Å². The Bertz CT molecular complexity index is 3330. The van der Waals surface area contributed by atoms with Crippen molar-refractivity contribution >= 4 is 22.1 Å². The van der Waals surface area contributed by atoms with Crippen molar-refractivity contribution < 1.29 is 4.42 Å². The molecule has 0 aliphatic heterocycles. The summed E-state index contributed by atoms with van der Waals surface area (Å²) in [6.45, 7) is 0. The number of hydrogen-bond donors (Lipinski definition) is 0. The van der Waals surface area contributed by atoms with E-state index in [2.05, 4.69) is 200 Å². The van der Waals surface area contributed by atoms with E-state index in [0.717, 1.165) is 61.1 Å². The van der Waals surface area contributed by atoms with Gasteiger partial charge in [-0.05, 0) is 103 Å². The Balaban J connectivity index is 0.949. The van der Waals surface area contributed by atoms with Crippen LogP contribution in [0.25, 0.3) is 111 Å². The number of aromatic nitrogens is 2. The number of fused-ring (bicyclic) bond motifs is 3. The van der Waals surface area contributed by atoms with Gasteiger partial charge in [0.05, 0.1) is 0 Å². The van der Waals surface area contributed by atoms with Crippen molar-refractivity contribution in [3.63, 3.8) is 0 Å². The van der Waals surface area contributed by atoms with Crippen molar-refractivity contribution in [3.8, 4) is 89.4 Å². The maximum Gasteiger partial charge on any atom is 0.180 e. The van der Waals surface area contributed by atoms with Crippen molar-refractivity contribution in [2.24, 2.45) is 0 Å². The minimum Gasteiger partial charge on any atom is -0.452 e. The highest BCUT2D eigenvalue weighted by atomic mass is 16.3. The summed E-state index contributed by atoms with van der Waals surface area (Å²) >= 11 is 0. The first-order valence-electron chi connectivity index (χ1n) is 20.6. The minimum atomic E-state index is 0.648. The first-order chi connectivity index (χ1) is 30.2. The third-order valence-electron chi connectivity index (χ3n) is 11.5. The van der Waals surface area contributed by atoms with E-state index in [9.17, 15) is 0 Å². The second-order valence-electron chi connectivity index (χ2n) is 15.4. The molecule has 286 valence electrons. The van der Waals surface area contributed by atoms with E-state index in [4.69, 9.17) is 14.4 Å². The Labute approximate surface area is 354 Å². The number of para-hydroxylation sites is 1. The van der Waals surface area contributed by atoms with Crippen molar-refractivity contribution in [2.75, 3.05) is 0 Å². The molecule has 3 heteroatoms. The van der Waals surface area contributed by atoms with Crippen LogP contribution in [0.15, 0.2) is 235 Å². The minimum absolute atomic E-state index is 0.648. The largest absolute Gasteiger partial charge is 0.452 e. The van der Waals surface area contributed by atoms with Gasteiger partial charge >= 0.3 is 0 Å². The predicted octanol–water partition coefficient (Wildman–Crippen LogP) is 15.7. The van der Waals surface area contributed by atoms with Gasteiger partial charge in [0.25, 0.3) is 0 Å². The molecule has 0 fully saturated rings. The van der Waals surface area contributed by atoms with Crippen LogP contribution < -0.4 is 0 Å². The fourth-order valence-corrected chi connectivity index (χ4v) is 8.33. The van der Waals surface area contributed by atoms with Crippen LogP contribution >= 0.6 is 0 Å². The number of nitrogens with zero attached hydrogens (tertiary/aromatic N) is 2. The molecule has 0 N–H and O–H groups in total. The average molecular weight is 779 g/mol. The van der Waals surface area contributed by atoms with E-state index in [1.807, 2.05) is 30.3 Å². The maximum absolute atomic E-state index is 6.55. The lowest BCUT2D eigenvalue weighted by atomic mass is 9.96. The number of benzene rings is 9. The van der Waals surface area contributed by atoms with Gasteiger partial charge in [-0.15, -0.1) is 0 Å². The van der Waals surface area contributed by atoms with Crippen LogP contribution in [0, 0.1) is 0 Å². The summed E-state index contributed by atoms with van der Waals surface area (Å²) in [6.07, 6.45) is 0. The summed E-state index contributed by atoms with van der Waals surface area (Å²) in [5.41, 5.74) is 18.9. The lowest BCUT2D eigenvalue weighted by Crippen LogP contribution is -1.94. The molecule has 2 heterocycles. The summed E-state index contributed by atoms with van der Waals surface area (Å²) in [7, 11) is 0. The normalized spacial score (nSPS) is 11.3. The fraction of sp³-hybridized carbons (Fsp3) is 0. The van der Waals surface area contributed by atoms with Crippen molar-refractivity contribution in [1.82, 2.24) is 9.97 Å². The van der Waals surface area contributed by atoms with Gasteiger partial charge in [0, 0.05) is 16.5 Å². The number of furan rings is 1. The quantitative estimate of drug-likeness (QED) is 0.154. The second kappa shape index (κ2) is 15.6. The summed E-state index contributed by atoms with van der Waals surface area (Å²) in [6, 6.07) is 81.3. The summed E-state index contributed by atoms with van der Waals surface area (Å²) in [5.74, 6) is 0.648. The van der Waals surface area contributed by atoms with E-state index in [1.165, 1.54) is 38.9 Å². The standard InChI is InChI=1S/C58H38N2O/c1-3-13-39(14-4-1)41-27-31-43(32-28-41)45-17-9-19-47(35-45)49-21-11-23-51(37-49)55-57-56(53-25-7-8-26-54(53)61-57)60-58(59-55)52-24-12-22-50(38-52)48-20-10-18-46(36-48)44-33-29-42(30-34-44)40-15-5-2-6-16-40/h1-38H. The molecule has 0 aliphatic rings. The topological polar surface area (TPSA) is 38.9 Å². The van der Waals surface area contributed by atoms with Crippen molar-refractivity contribution in [1.29, 1.82) is 0 Å². The van der Waals surface area contributed by atoms with Crippen LogP contribution in [-0.4, -0.2) is 9.97 Å². The Kier molecular flexibility index (Phi) is 9.18. The van der Waals surface area contributed by atoms with Crippen molar-refractivity contribution in [3.05, 3.63) is 231 Å². The molecule has 0 radical (unpaired) electrons. The van der Waals surface area contributed by atoms with Gasteiger partial charge in [0.2, 0.25) is 0 Å². The highest BCUT2D eigenvalue weighted by Gasteiger charge is 2.19. The second-order valence-corrected chi connectivity index (χ2v) is 15.4. The Morgan fingerprint density at radius 2 is 0.607 bits per heavy atom.